The number of hydrogen-bond acceptors (Lipinski definition) is 6. The van der Waals surface area contributed by atoms with E-state index in [2.05, 4.69) is 32.2 Å². The van der Waals surface area contributed by atoms with Crippen molar-refractivity contribution in [3.05, 3.63) is 30.4 Å². The summed E-state index contributed by atoms with van der Waals surface area (Å²) in [4.78, 5) is 39.9. The summed E-state index contributed by atoms with van der Waals surface area (Å²) in [6.45, 7) is 2.95. The lowest BCUT2D eigenvalue weighted by Gasteiger charge is -2.27. The smallest absolute Gasteiger partial charge is 0.324 e. The molecule has 28 heavy (non-hydrogen) atoms. The number of H-pyrrole nitrogens is 1. The minimum Gasteiger partial charge on any atom is -0.402 e. The zero-order valence-electron chi connectivity index (χ0n) is 16.1. The Labute approximate surface area is 163 Å². The number of carbonyl (C=O) groups excluding carboxylic acids is 2. The lowest BCUT2D eigenvalue weighted by Crippen LogP contribution is -2.42. The van der Waals surface area contributed by atoms with Gasteiger partial charge in [0.05, 0.1) is 5.39 Å². The minimum absolute atomic E-state index is 0.341. The van der Waals surface area contributed by atoms with E-state index in [1.807, 2.05) is 12.3 Å². The van der Waals surface area contributed by atoms with Crippen molar-refractivity contribution >= 4 is 28.8 Å². The number of anilines is 1. The molecule has 1 saturated carbocycles. The van der Waals surface area contributed by atoms with Crippen LogP contribution in [0.25, 0.3) is 11.0 Å². The van der Waals surface area contributed by atoms with Gasteiger partial charge in [-0.3, -0.25) is 10.1 Å². The number of aromatic nitrogens is 3. The van der Waals surface area contributed by atoms with E-state index >= 15 is 0 Å². The number of rotatable bonds is 3. The van der Waals surface area contributed by atoms with Crippen LogP contribution in [0.2, 0.25) is 0 Å². The van der Waals surface area contributed by atoms with E-state index in [9.17, 15) is 9.59 Å². The quantitative estimate of drug-likeness (QED) is 0.685. The Hall–Kier alpha value is -3.10. The van der Waals surface area contributed by atoms with Crippen LogP contribution in [0.4, 0.5) is 10.6 Å². The molecular formula is C19H25N7O2. The van der Waals surface area contributed by atoms with Gasteiger partial charge in [-0.05, 0) is 37.7 Å². The first kappa shape index (κ1) is 18.3. The number of hydrogen-bond donors (Lipinski definition) is 3. The second-order valence-electron chi connectivity index (χ2n) is 7.78. The number of nitrogens with one attached hydrogen (secondary N) is 2. The fourth-order valence-electron chi connectivity index (χ4n) is 4.49. The van der Waals surface area contributed by atoms with Gasteiger partial charge in [-0.1, -0.05) is 0 Å². The molecule has 3 amide bonds. The summed E-state index contributed by atoms with van der Waals surface area (Å²) in [6, 6.07) is 2.03. The number of imide groups is 1. The van der Waals surface area contributed by atoms with Crippen LogP contribution in [0.3, 0.4) is 0 Å². The van der Waals surface area contributed by atoms with E-state index in [4.69, 9.17) is 5.73 Å². The van der Waals surface area contributed by atoms with Crippen LogP contribution >= 0.6 is 0 Å². The fourth-order valence-corrected chi connectivity index (χ4v) is 4.49. The molecule has 0 aromatic carbocycles. The predicted molar refractivity (Wildman–Crippen MR) is 105 cm³/mol. The summed E-state index contributed by atoms with van der Waals surface area (Å²) in [5.74, 6) is 1.33. The summed E-state index contributed by atoms with van der Waals surface area (Å²) in [6.07, 6.45) is 6.68. The third kappa shape index (κ3) is 3.39. The van der Waals surface area contributed by atoms with Gasteiger partial charge < -0.3 is 20.5 Å². The van der Waals surface area contributed by atoms with Crippen LogP contribution < -0.4 is 16.0 Å². The van der Waals surface area contributed by atoms with Crippen LogP contribution in [-0.2, 0) is 4.79 Å². The number of likely N-dealkylation sites (tertiary alicyclic amines) is 1. The normalized spacial score (nSPS) is 24.4. The Balaban J connectivity index is 1.38. The average Bonchev–Trinajstić information content (AvgIpc) is 3.33. The molecule has 4 rings (SSSR count). The highest BCUT2D eigenvalue weighted by molar-refractivity contribution is 6.00. The Morgan fingerprint density at radius 2 is 2.04 bits per heavy atom. The van der Waals surface area contributed by atoms with Crippen molar-refractivity contribution in [2.45, 2.75) is 25.8 Å². The highest BCUT2D eigenvalue weighted by Gasteiger charge is 2.44. The van der Waals surface area contributed by atoms with Gasteiger partial charge in [-0.2, -0.15) is 0 Å². The first-order chi connectivity index (χ1) is 13.4. The molecule has 0 bridgehead atoms. The number of aromatic amines is 1. The molecule has 0 spiro atoms. The Kier molecular flexibility index (Phi) is 4.66. The van der Waals surface area contributed by atoms with Crippen LogP contribution in [-0.4, -0.2) is 58.0 Å². The molecule has 3 heterocycles. The molecular weight excluding hydrogens is 358 g/mol. The monoisotopic (exact) mass is 383 g/mol. The summed E-state index contributed by atoms with van der Waals surface area (Å²) >= 11 is 0. The van der Waals surface area contributed by atoms with Crippen molar-refractivity contribution in [1.82, 2.24) is 25.2 Å². The van der Waals surface area contributed by atoms with E-state index in [-0.39, 0.29) is 6.03 Å². The maximum absolute atomic E-state index is 12.3. The van der Waals surface area contributed by atoms with Crippen LogP contribution in [0.5, 0.6) is 0 Å². The number of nitrogens with zero attached hydrogens (tertiary/aromatic N) is 4. The molecule has 9 heteroatoms. The van der Waals surface area contributed by atoms with E-state index in [1.54, 1.807) is 18.2 Å². The van der Waals surface area contributed by atoms with E-state index < -0.39 is 5.91 Å². The molecule has 1 saturated heterocycles. The first-order valence-electron chi connectivity index (χ1n) is 9.47. The van der Waals surface area contributed by atoms with Crippen molar-refractivity contribution in [2.24, 2.45) is 17.6 Å². The molecule has 9 nitrogen and oxygen atoms in total. The Morgan fingerprint density at radius 1 is 1.32 bits per heavy atom. The molecule has 1 aliphatic heterocycles. The average molecular weight is 383 g/mol. The Bertz CT molecular complexity index is 919. The van der Waals surface area contributed by atoms with Gasteiger partial charge in [0.1, 0.15) is 17.8 Å². The van der Waals surface area contributed by atoms with Crippen molar-refractivity contribution in [3.63, 3.8) is 0 Å². The van der Waals surface area contributed by atoms with Crippen molar-refractivity contribution in [2.75, 3.05) is 25.0 Å². The van der Waals surface area contributed by atoms with Crippen molar-refractivity contribution < 1.29 is 9.59 Å². The molecule has 3 atom stereocenters. The van der Waals surface area contributed by atoms with Crippen LogP contribution in [0.15, 0.2) is 30.4 Å². The zero-order valence-corrected chi connectivity index (χ0v) is 16.1. The lowest BCUT2D eigenvalue weighted by molar-refractivity contribution is -0.115. The number of urea groups is 1. The maximum Gasteiger partial charge on any atom is 0.324 e. The van der Waals surface area contributed by atoms with Crippen LogP contribution in [0.1, 0.15) is 19.8 Å². The van der Waals surface area contributed by atoms with Gasteiger partial charge in [0.25, 0.3) is 5.91 Å². The van der Waals surface area contributed by atoms with E-state index in [0.29, 0.717) is 36.7 Å². The van der Waals surface area contributed by atoms with Gasteiger partial charge in [-0.25, -0.2) is 14.8 Å². The van der Waals surface area contributed by atoms with Crippen LogP contribution in [0, 0.1) is 11.8 Å². The van der Waals surface area contributed by atoms with E-state index in [0.717, 1.165) is 29.7 Å². The fraction of sp³-hybridized carbons (Fsp3) is 0.474. The highest BCUT2D eigenvalue weighted by atomic mass is 16.2. The van der Waals surface area contributed by atoms with Gasteiger partial charge in [0, 0.05) is 44.1 Å². The molecule has 2 aromatic heterocycles. The van der Waals surface area contributed by atoms with Crippen molar-refractivity contribution in [1.29, 1.82) is 0 Å². The SMILES string of the molecule is CC(N)=CC(=O)NC(=O)N1C[C@H]2CC(N(C)c3ncnc4[nH]ccc34)C[C@H]2C1. The van der Waals surface area contributed by atoms with Crippen molar-refractivity contribution in [3.8, 4) is 0 Å². The third-order valence-corrected chi connectivity index (χ3v) is 5.82. The molecule has 0 radical (unpaired) electrons. The van der Waals surface area contributed by atoms with Gasteiger partial charge >= 0.3 is 6.03 Å². The van der Waals surface area contributed by atoms with Gasteiger partial charge in [-0.15, -0.1) is 0 Å². The van der Waals surface area contributed by atoms with Gasteiger partial charge in [0.2, 0.25) is 0 Å². The minimum atomic E-state index is -0.473. The number of carbonyl (C=O) groups is 2. The molecule has 2 aliphatic rings. The number of fused-ring (bicyclic) bond motifs is 2. The summed E-state index contributed by atoms with van der Waals surface area (Å²) < 4.78 is 0. The molecule has 2 fully saturated rings. The molecule has 148 valence electrons. The largest absolute Gasteiger partial charge is 0.402 e. The zero-order chi connectivity index (χ0) is 19.8. The number of nitrogens with two attached hydrogens (primary N) is 1. The highest BCUT2D eigenvalue weighted by Crippen LogP contribution is 2.41. The summed E-state index contributed by atoms with van der Waals surface area (Å²) in [7, 11) is 2.07. The second-order valence-corrected chi connectivity index (χ2v) is 7.78. The lowest BCUT2D eigenvalue weighted by atomic mass is 10.0. The number of allylic oxidation sites excluding steroid dienone is 1. The molecule has 2 aromatic rings. The number of amides is 3. The molecule has 4 N–H and O–H groups in total. The first-order valence-corrected chi connectivity index (χ1v) is 9.47. The van der Waals surface area contributed by atoms with Gasteiger partial charge in [0.15, 0.2) is 0 Å². The third-order valence-electron chi connectivity index (χ3n) is 5.82. The summed E-state index contributed by atoms with van der Waals surface area (Å²) in [5.41, 5.74) is 6.68. The summed E-state index contributed by atoms with van der Waals surface area (Å²) in [5, 5.41) is 3.40. The topological polar surface area (TPSA) is 120 Å². The second kappa shape index (κ2) is 7.14. The van der Waals surface area contributed by atoms with E-state index in [1.165, 1.54) is 6.08 Å². The standard InChI is InChI=1S/C19H25N7O2/c1-11(20)5-16(27)24-19(28)26-8-12-6-14(7-13(12)9-26)25(2)18-15-3-4-21-17(15)22-10-23-18/h3-5,10,12-14H,6-9,20H2,1-2H3,(H,21,22,23)(H,24,27,28)/t12-,13+,14?. The molecule has 1 aliphatic carbocycles. The predicted octanol–water partition coefficient (Wildman–Crippen LogP) is 1.20. The maximum atomic E-state index is 12.3. The Morgan fingerprint density at radius 3 is 2.71 bits per heavy atom. The molecule has 1 unspecified atom stereocenters.